The third-order valence-electron chi connectivity index (χ3n) is 6.33. The average molecular weight is 450 g/mol. The van der Waals surface area contributed by atoms with E-state index in [9.17, 15) is 9.18 Å². The van der Waals surface area contributed by atoms with Crippen molar-refractivity contribution in [1.29, 1.82) is 0 Å². The summed E-state index contributed by atoms with van der Waals surface area (Å²) >= 11 is 0. The summed E-state index contributed by atoms with van der Waals surface area (Å²) in [6.07, 6.45) is 9.65. The standard InChI is InChI=1S/C24H28FN7O/c1-2-31-21-14-27-24(29-22(21)32-11-5-3-4-6-20(32)23(31)33)26-12-18-13-28-30(16-18)15-17-7-9-19(25)10-8-17/h7-10,13-14,16,20H,2-6,11-12,15H2,1H3,(H,26,27,29)/t20-/m1/s1. The second-order valence-corrected chi connectivity index (χ2v) is 8.57. The molecule has 3 aromatic rings. The van der Waals surface area contributed by atoms with Gasteiger partial charge in [0.25, 0.3) is 0 Å². The Morgan fingerprint density at radius 2 is 1.97 bits per heavy atom. The van der Waals surface area contributed by atoms with E-state index >= 15 is 0 Å². The van der Waals surface area contributed by atoms with Gasteiger partial charge in [0.05, 0.1) is 18.9 Å². The van der Waals surface area contributed by atoms with Crippen molar-refractivity contribution < 1.29 is 9.18 Å². The Labute approximate surface area is 192 Å². The van der Waals surface area contributed by atoms with Crippen molar-refractivity contribution >= 4 is 23.4 Å². The molecule has 5 rings (SSSR count). The van der Waals surface area contributed by atoms with Gasteiger partial charge in [-0.05, 0) is 37.5 Å². The second kappa shape index (κ2) is 9.17. The van der Waals surface area contributed by atoms with E-state index in [1.807, 2.05) is 22.7 Å². The van der Waals surface area contributed by atoms with Crippen LogP contribution in [0.15, 0.2) is 42.9 Å². The highest BCUT2D eigenvalue weighted by molar-refractivity contribution is 6.04. The molecule has 2 aliphatic rings. The van der Waals surface area contributed by atoms with Crippen molar-refractivity contribution in [2.75, 3.05) is 28.2 Å². The van der Waals surface area contributed by atoms with Crippen LogP contribution in [0.3, 0.4) is 0 Å². The van der Waals surface area contributed by atoms with Crippen LogP contribution in [0, 0.1) is 5.82 Å². The van der Waals surface area contributed by atoms with Gasteiger partial charge in [-0.1, -0.05) is 25.0 Å². The number of hydrogen-bond donors (Lipinski definition) is 1. The Kier molecular flexibility index (Phi) is 5.93. The topological polar surface area (TPSA) is 79.2 Å². The number of nitrogens with one attached hydrogen (secondary N) is 1. The van der Waals surface area contributed by atoms with Gasteiger partial charge in [0.1, 0.15) is 17.5 Å². The van der Waals surface area contributed by atoms with Gasteiger partial charge in [0.15, 0.2) is 5.82 Å². The molecule has 2 aromatic heterocycles. The number of rotatable bonds is 6. The highest BCUT2D eigenvalue weighted by atomic mass is 19.1. The zero-order valence-corrected chi connectivity index (χ0v) is 18.7. The molecule has 1 N–H and O–H groups in total. The Morgan fingerprint density at radius 3 is 2.79 bits per heavy atom. The maximum atomic E-state index is 13.1. The first kappa shape index (κ1) is 21.4. The normalized spacial score (nSPS) is 18.0. The number of likely N-dealkylation sites (N-methyl/N-ethyl adjacent to an activating group) is 1. The number of aromatic nitrogens is 4. The minimum absolute atomic E-state index is 0.132. The van der Waals surface area contributed by atoms with Crippen LogP contribution in [0.4, 0.5) is 21.8 Å². The smallest absolute Gasteiger partial charge is 0.249 e. The Morgan fingerprint density at radius 1 is 1.12 bits per heavy atom. The van der Waals surface area contributed by atoms with Crippen LogP contribution >= 0.6 is 0 Å². The van der Waals surface area contributed by atoms with E-state index in [0.29, 0.717) is 25.6 Å². The average Bonchev–Trinajstić information content (AvgIpc) is 3.12. The second-order valence-electron chi connectivity index (χ2n) is 8.57. The fraction of sp³-hybridized carbons (Fsp3) is 0.417. The minimum atomic E-state index is -0.243. The van der Waals surface area contributed by atoms with Crippen LogP contribution in [-0.2, 0) is 17.9 Å². The van der Waals surface area contributed by atoms with Crippen LogP contribution in [0.1, 0.15) is 43.7 Å². The Hall–Kier alpha value is -3.49. The largest absolute Gasteiger partial charge is 0.350 e. The molecule has 172 valence electrons. The SMILES string of the molecule is CCN1C(=O)[C@H]2CCCCCN2c2nc(NCc3cnn(Cc4ccc(F)cc4)c3)ncc21. The lowest BCUT2D eigenvalue weighted by Gasteiger charge is -2.40. The fourth-order valence-corrected chi connectivity index (χ4v) is 4.64. The first-order chi connectivity index (χ1) is 16.1. The van der Waals surface area contributed by atoms with Crippen LogP contribution in [0.5, 0.6) is 0 Å². The van der Waals surface area contributed by atoms with Crippen molar-refractivity contribution in [3.05, 3.63) is 59.8 Å². The molecular formula is C24H28FN7O. The summed E-state index contributed by atoms with van der Waals surface area (Å²) in [4.78, 5) is 26.3. The third-order valence-corrected chi connectivity index (χ3v) is 6.33. The van der Waals surface area contributed by atoms with Gasteiger partial charge in [0, 0.05) is 31.4 Å². The number of hydrogen-bond acceptors (Lipinski definition) is 6. The number of anilines is 3. The molecule has 1 saturated heterocycles. The first-order valence-electron chi connectivity index (χ1n) is 11.6. The Bertz CT molecular complexity index is 1130. The molecular weight excluding hydrogens is 421 g/mol. The summed E-state index contributed by atoms with van der Waals surface area (Å²) in [6.45, 7) is 4.55. The van der Waals surface area contributed by atoms with Gasteiger partial charge in [-0.15, -0.1) is 0 Å². The maximum absolute atomic E-state index is 13.1. The van der Waals surface area contributed by atoms with Gasteiger partial charge < -0.3 is 15.1 Å². The quantitative estimate of drug-likeness (QED) is 0.620. The van der Waals surface area contributed by atoms with Crippen molar-refractivity contribution in [3.63, 3.8) is 0 Å². The van der Waals surface area contributed by atoms with Gasteiger partial charge in [0.2, 0.25) is 11.9 Å². The summed E-state index contributed by atoms with van der Waals surface area (Å²) < 4.78 is 14.9. The predicted molar refractivity (Wildman–Crippen MR) is 125 cm³/mol. The van der Waals surface area contributed by atoms with Gasteiger partial charge >= 0.3 is 0 Å². The predicted octanol–water partition coefficient (Wildman–Crippen LogP) is 3.59. The molecule has 33 heavy (non-hydrogen) atoms. The summed E-state index contributed by atoms with van der Waals surface area (Å²) in [7, 11) is 0. The van der Waals surface area contributed by atoms with Gasteiger partial charge in [-0.25, -0.2) is 9.37 Å². The van der Waals surface area contributed by atoms with E-state index in [1.54, 1.807) is 24.5 Å². The van der Waals surface area contributed by atoms with Crippen LogP contribution in [0.2, 0.25) is 0 Å². The van der Waals surface area contributed by atoms with E-state index < -0.39 is 0 Å². The lowest BCUT2D eigenvalue weighted by molar-refractivity contribution is -0.120. The summed E-state index contributed by atoms with van der Waals surface area (Å²) in [5.41, 5.74) is 2.77. The maximum Gasteiger partial charge on any atom is 0.249 e. The summed E-state index contributed by atoms with van der Waals surface area (Å²) in [6, 6.07) is 6.30. The van der Waals surface area contributed by atoms with E-state index in [-0.39, 0.29) is 17.8 Å². The van der Waals surface area contributed by atoms with Crippen molar-refractivity contribution in [3.8, 4) is 0 Å². The zero-order chi connectivity index (χ0) is 22.8. The van der Waals surface area contributed by atoms with E-state index in [1.165, 1.54) is 12.1 Å². The summed E-state index contributed by atoms with van der Waals surface area (Å²) in [5, 5.41) is 7.70. The molecule has 9 heteroatoms. The molecule has 0 unspecified atom stereocenters. The lowest BCUT2D eigenvalue weighted by Crippen LogP contribution is -2.53. The first-order valence-corrected chi connectivity index (χ1v) is 11.6. The molecule has 0 saturated carbocycles. The number of fused-ring (bicyclic) bond motifs is 3. The number of nitrogens with zero attached hydrogens (tertiary/aromatic N) is 6. The van der Waals surface area contributed by atoms with E-state index in [2.05, 4.69) is 20.3 Å². The number of carbonyl (C=O) groups excluding carboxylic acids is 1. The molecule has 4 heterocycles. The monoisotopic (exact) mass is 449 g/mol. The minimum Gasteiger partial charge on any atom is -0.350 e. The van der Waals surface area contributed by atoms with Gasteiger partial charge in [-0.3, -0.25) is 9.48 Å². The highest BCUT2D eigenvalue weighted by Crippen LogP contribution is 2.37. The number of benzene rings is 1. The fourth-order valence-electron chi connectivity index (χ4n) is 4.64. The molecule has 1 amide bonds. The number of carbonyl (C=O) groups is 1. The molecule has 0 bridgehead atoms. The van der Waals surface area contributed by atoms with E-state index in [4.69, 9.17) is 4.98 Å². The van der Waals surface area contributed by atoms with Gasteiger partial charge in [-0.2, -0.15) is 10.1 Å². The Balaban J connectivity index is 1.30. The molecule has 0 spiro atoms. The van der Waals surface area contributed by atoms with E-state index in [0.717, 1.165) is 54.9 Å². The molecule has 2 aliphatic heterocycles. The van der Waals surface area contributed by atoms with Crippen molar-refractivity contribution in [2.24, 2.45) is 0 Å². The molecule has 8 nitrogen and oxygen atoms in total. The van der Waals surface area contributed by atoms with Crippen molar-refractivity contribution in [1.82, 2.24) is 19.7 Å². The molecule has 1 fully saturated rings. The van der Waals surface area contributed by atoms with Crippen LogP contribution in [0.25, 0.3) is 0 Å². The van der Waals surface area contributed by atoms with Crippen LogP contribution < -0.4 is 15.1 Å². The lowest BCUT2D eigenvalue weighted by atomic mass is 10.1. The molecule has 0 radical (unpaired) electrons. The molecule has 1 aromatic carbocycles. The number of halogens is 1. The highest BCUT2D eigenvalue weighted by Gasteiger charge is 2.39. The zero-order valence-electron chi connectivity index (χ0n) is 18.7. The molecule has 0 aliphatic carbocycles. The number of amides is 1. The third kappa shape index (κ3) is 4.40. The van der Waals surface area contributed by atoms with Crippen molar-refractivity contribution in [2.45, 2.75) is 51.7 Å². The summed E-state index contributed by atoms with van der Waals surface area (Å²) in [5.74, 6) is 1.29. The molecule has 1 atom stereocenters. The van der Waals surface area contributed by atoms with Crippen LogP contribution in [-0.4, -0.2) is 44.8 Å².